The van der Waals surface area contributed by atoms with Gasteiger partial charge in [0.25, 0.3) is 0 Å². The van der Waals surface area contributed by atoms with Gasteiger partial charge in [-0.1, -0.05) is 0 Å². The fourth-order valence-corrected chi connectivity index (χ4v) is 1.73. The van der Waals surface area contributed by atoms with Crippen LogP contribution in [0.1, 0.15) is 15.9 Å². The fraction of sp³-hybridized carbons (Fsp3) is 0.0714. The van der Waals surface area contributed by atoms with Crippen molar-refractivity contribution in [1.29, 1.82) is 0 Å². The lowest BCUT2D eigenvalue weighted by molar-refractivity contribution is 0.0698. The van der Waals surface area contributed by atoms with E-state index in [1.165, 1.54) is 25.1 Å². The first kappa shape index (κ1) is 13.8. The van der Waals surface area contributed by atoms with Gasteiger partial charge in [-0.25, -0.2) is 13.6 Å². The number of nitrogens with one attached hydrogen (secondary N) is 1. The van der Waals surface area contributed by atoms with Crippen molar-refractivity contribution >= 4 is 23.0 Å². The zero-order valence-corrected chi connectivity index (χ0v) is 10.6. The lowest BCUT2D eigenvalue weighted by Crippen LogP contribution is -2.05. The number of aromatic carboxylic acids is 1. The Hall–Kier alpha value is -2.63. The van der Waals surface area contributed by atoms with Gasteiger partial charge in [0.15, 0.2) is 0 Å². The molecule has 0 aliphatic carbocycles. The first-order valence-electron chi connectivity index (χ1n) is 5.74. The number of hydrogen-bond acceptors (Lipinski definition) is 3. The molecule has 0 radical (unpaired) electrons. The molecule has 6 heteroatoms. The molecular formula is C14H12F2N2O2. The minimum absolute atomic E-state index is 0.120. The van der Waals surface area contributed by atoms with Crippen LogP contribution in [0.25, 0.3) is 0 Å². The number of carboxylic acid groups (broad SMARTS) is 1. The first-order valence-corrected chi connectivity index (χ1v) is 5.74. The molecule has 0 bridgehead atoms. The van der Waals surface area contributed by atoms with Crippen molar-refractivity contribution in [3.8, 4) is 0 Å². The normalized spacial score (nSPS) is 10.3. The number of anilines is 3. The van der Waals surface area contributed by atoms with Gasteiger partial charge in [-0.2, -0.15) is 0 Å². The van der Waals surface area contributed by atoms with Crippen LogP contribution in [0.2, 0.25) is 0 Å². The van der Waals surface area contributed by atoms with Gasteiger partial charge in [0, 0.05) is 11.8 Å². The van der Waals surface area contributed by atoms with Crippen molar-refractivity contribution in [2.75, 3.05) is 11.1 Å². The predicted octanol–water partition coefficient (Wildman–Crippen LogP) is 3.30. The Morgan fingerprint density at radius 3 is 2.50 bits per heavy atom. The topological polar surface area (TPSA) is 75.3 Å². The Morgan fingerprint density at radius 2 is 1.85 bits per heavy atom. The molecule has 20 heavy (non-hydrogen) atoms. The number of benzene rings is 2. The summed E-state index contributed by atoms with van der Waals surface area (Å²) in [5.41, 5.74) is 5.82. The van der Waals surface area contributed by atoms with E-state index in [2.05, 4.69) is 5.32 Å². The average Bonchev–Trinajstić information content (AvgIpc) is 2.37. The van der Waals surface area contributed by atoms with Crippen LogP contribution >= 0.6 is 0 Å². The van der Waals surface area contributed by atoms with Crippen LogP contribution in [0.4, 0.5) is 25.8 Å². The highest BCUT2D eigenvalue weighted by Crippen LogP contribution is 2.26. The predicted molar refractivity (Wildman–Crippen MR) is 72.2 cm³/mol. The molecule has 0 atom stereocenters. The van der Waals surface area contributed by atoms with E-state index in [9.17, 15) is 13.6 Å². The van der Waals surface area contributed by atoms with Gasteiger partial charge in [0.1, 0.15) is 11.6 Å². The number of nitrogens with two attached hydrogens (primary N) is 1. The van der Waals surface area contributed by atoms with Crippen LogP contribution in [0, 0.1) is 18.6 Å². The number of rotatable bonds is 3. The summed E-state index contributed by atoms with van der Waals surface area (Å²) >= 11 is 0. The highest BCUT2D eigenvalue weighted by Gasteiger charge is 2.13. The largest absolute Gasteiger partial charge is 0.478 e. The molecule has 0 spiro atoms. The van der Waals surface area contributed by atoms with E-state index in [1.807, 2.05) is 0 Å². The third-order valence-electron chi connectivity index (χ3n) is 2.79. The molecule has 0 amide bonds. The number of aryl methyl sites for hydroxylation is 1. The van der Waals surface area contributed by atoms with E-state index in [1.54, 1.807) is 0 Å². The van der Waals surface area contributed by atoms with E-state index in [0.717, 1.165) is 12.1 Å². The van der Waals surface area contributed by atoms with Gasteiger partial charge in [-0.05, 0) is 36.8 Å². The summed E-state index contributed by atoms with van der Waals surface area (Å²) in [6.45, 7) is 1.44. The molecular weight excluding hydrogens is 266 g/mol. The molecule has 0 fully saturated rings. The third-order valence-corrected chi connectivity index (χ3v) is 2.79. The second kappa shape index (κ2) is 5.16. The number of halogens is 2. The van der Waals surface area contributed by atoms with Gasteiger partial charge in [0.05, 0.1) is 16.9 Å². The van der Waals surface area contributed by atoms with E-state index in [4.69, 9.17) is 10.8 Å². The molecule has 104 valence electrons. The highest BCUT2D eigenvalue weighted by molar-refractivity contribution is 5.96. The SMILES string of the molecule is Cc1cc(F)c(Nc2ccc(N)cc2C(=O)O)cc1F. The maximum atomic E-state index is 13.7. The summed E-state index contributed by atoms with van der Waals surface area (Å²) in [4.78, 5) is 11.1. The fourth-order valence-electron chi connectivity index (χ4n) is 1.73. The molecule has 4 N–H and O–H groups in total. The minimum atomic E-state index is -1.22. The summed E-state index contributed by atoms with van der Waals surface area (Å²) in [6, 6.07) is 6.13. The standard InChI is InChI=1S/C14H12F2N2O2/c1-7-4-11(16)13(6-10(7)15)18-12-3-2-8(17)5-9(12)14(19)20/h2-6,18H,17H2,1H3,(H,19,20). The molecule has 4 nitrogen and oxygen atoms in total. The molecule has 0 saturated heterocycles. The number of hydrogen-bond donors (Lipinski definition) is 3. The van der Waals surface area contributed by atoms with E-state index in [0.29, 0.717) is 0 Å². The maximum Gasteiger partial charge on any atom is 0.337 e. The highest BCUT2D eigenvalue weighted by atomic mass is 19.1. The van der Waals surface area contributed by atoms with Crippen LogP contribution in [-0.2, 0) is 0 Å². The van der Waals surface area contributed by atoms with E-state index >= 15 is 0 Å². The Labute approximate surface area is 113 Å². The van der Waals surface area contributed by atoms with Gasteiger partial charge < -0.3 is 16.2 Å². The van der Waals surface area contributed by atoms with Gasteiger partial charge >= 0.3 is 5.97 Å². The zero-order valence-electron chi connectivity index (χ0n) is 10.6. The zero-order chi connectivity index (χ0) is 14.9. The van der Waals surface area contributed by atoms with E-state index < -0.39 is 17.6 Å². The lowest BCUT2D eigenvalue weighted by atomic mass is 10.1. The Kier molecular flexibility index (Phi) is 3.56. The number of nitrogen functional groups attached to an aromatic ring is 1. The molecule has 0 heterocycles. The third kappa shape index (κ3) is 2.69. The van der Waals surface area contributed by atoms with Gasteiger partial charge in [-0.3, -0.25) is 0 Å². The molecule has 0 aliphatic rings. The van der Waals surface area contributed by atoms with Crippen molar-refractivity contribution in [2.45, 2.75) is 6.92 Å². The van der Waals surface area contributed by atoms with Crippen LogP contribution in [-0.4, -0.2) is 11.1 Å². The lowest BCUT2D eigenvalue weighted by Gasteiger charge is -2.12. The Bertz CT molecular complexity index is 687. The summed E-state index contributed by atoms with van der Waals surface area (Å²) in [5.74, 6) is -2.47. The maximum absolute atomic E-state index is 13.7. The van der Waals surface area contributed by atoms with Gasteiger partial charge in [0.2, 0.25) is 0 Å². The molecule has 0 aromatic heterocycles. The van der Waals surface area contributed by atoms with Crippen molar-refractivity contribution in [1.82, 2.24) is 0 Å². The van der Waals surface area contributed by atoms with Crippen molar-refractivity contribution in [3.63, 3.8) is 0 Å². The monoisotopic (exact) mass is 278 g/mol. The van der Waals surface area contributed by atoms with Crippen molar-refractivity contribution in [3.05, 3.63) is 53.1 Å². The summed E-state index contributed by atoms with van der Waals surface area (Å²) < 4.78 is 27.2. The molecule has 0 saturated carbocycles. The van der Waals surface area contributed by atoms with Crippen molar-refractivity contribution in [2.24, 2.45) is 0 Å². The Morgan fingerprint density at radius 1 is 1.15 bits per heavy atom. The summed E-state index contributed by atoms with van der Waals surface area (Å²) in [5, 5.41) is 11.6. The Balaban J connectivity index is 2.45. The van der Waals surface area contributed by atoms with Crippen LogP contribution in [0.3, 0.4) is 0 Å². The smallest absolute Gasteiger partial charge is 0.337 e. The van der Waals surface area contributed by atoms with Crippen LogP contribution in [0.15, 0.2) is 30.3 Å². The minimum Gasteiger partial charge on any atom is -0.478 e. The van der Waals surface area contributed by atoms with Crippen molar-refractivity contribution < 1.29 is 18.7 Å². The molecule has 0 unspecified atom stereocenters. The quantitative estimate of drug-likeness (QED) is 0.753. The van der Waals surface area contributed by atoms with Crippen LogP contribution < -0.4 is 11.1 Å². The second-order valence-electron chi connectivity index (χ2n) is 4.32. The average molecular weight is 278 g/mol. The number of carbonyl (C=O) groups is 1. The molecule has 2 rings (SSSR count). The second-order valence-corrected chi connectivity index (χ2v) is 4.32. The molecule has 0 aliphatic heterocycles. The molecule has 2 aromatic carbocycles. The molecule has 2 aromatic rings. The first-order chi connectivity index (χ1) is 9.38. The van der Waals surface area contributed by atoms with E-state index in [-0.39, 0.29) is 28.2 Å². The van der Waals surface area contributed by atoms with Gasteiger partial charge in [-0.15, -0.1) is 0 Å². The van der Waals surface area contributed by atoms with Crippen LogP contribution in [0.5, 0.6) is 0 Å². The number of carboxylic acids is 1. The summed E-state index contributed by atoms with van der Waals surface area (Å²) in [6.07, 6.45) is 0. The summed E-state index contributed by atoms with van der Waals surface area (Å²) in [7, 11) is 0.